The Morgan fingerprint density at radius 1 is 1.00 bits per heavy atom. The van der Waals surface area contributed by atoms with Gasteiger partial charge in [0.2, 0.25) is 0 Å². The first kappa shape index (κ1) is 24.7. The summed E-state index contributed by atoms with van der Waals surface area (Å²) in [6.45, 7) is 7.16. The standard InChI is InChI=1S/C23H32N2O3S.ClH/c1-4-29-23-8-6-5-7-19(23)25-15-13-24(14-16-25)12-11-20(26)18-9-10-21(27-2)22(17-18)28-3;/h5-10,17,20,26H,4,11-16H2,1-3H3;1H. The van der Waals surface area contributed by atoms with Gasteiger partial charge in [-0.2, -0.15) is 0 Å². The number of methoxy groups -OCH3 is 2. The van der Waals surface area contributed by atoms with Crippen molar-refractivity contribution in [2.45, 2.75) is 24.3 Å². The third-order valence-corrected chi connectivity index (χ3v) is 6.33. The lowest BCUT2D eigenvalue weighted by Gasteiger charge is -2.37. The number of aliphatic hydroxyl groups excluding tert-OH is 1. The van der Waals surface area contributed by atoms with E-state index in [1.54, 1.807) is 14.2 Å². The van der Waals surface area contributed by atoms with Gasteiger partial charge in [0.1, 0.15) is 0 Å². The summed E-state index contributed by atoms with van der Waals surface area (Å²) in [5.74, 6) is 2.42. The molecule has 0 saturated carbocycles. The minimum atomic E-state index is -0.505. The van der Waals surface area contributed by atoms with Crippen molar-refractivity contribution in [1.29, 1.82) is 0 Å². The molecule has 0 aromatic heterocycles. The van der Waals surface area contributed by atoms with Crippen LogP contribution in [-0.2, 0) is 0 Å². The topological polar surface area (TPSA) is 45.2 Å². The number of aliphatic hydroxyl groups is 1. The van der Waals surface area contributed by atoms with E-state index in [-0.39, 0.29) is 12.4 Å². The molecule has 0 spiro atoms. The Hall–Kier alpha value is -1.60. The number of para-hydroxylation sites is 1. The lowest BCUT2D eigenvalue weighted by Crippen LogP contribution is -2.47. The molecule has 1 heterocycles. The second-order valence-corrected chi connectivity index (χ2v) is 8.45. The van der Waals surface area contributed by atoms with Crippen molar-refractivity contribution in [3.8, 4) is 11.5 Å². The molecule has 0 radical (unpaired) electrons. The van der Waals surface area contributed by atoms with Gasteiger partial charge in [0.15, 0.2) is 11.5 Å². The van der Waals surface area contributed by atoms with Gasteiger partial charge in [0.25, 0.3) is 0 Å². The highest BCUT2D eigenvalue weighted by atomic mass is 35.5. The third kappa shape index (κ3) is 6.20. The molecule has 7 heteroatoms. The zero-order chi connectivity index (χ0) is 20.6. The van der Waals surface area contributed by atoms with Gasteiger partial charge in [-0.25, -0.2) is 0 Å². The minimum absolute atomic E-state index is 0. The Morgan fingerprint density at radius 3 is 2.37 bits per heavy atom. The van der Waals surface area contributed by atoms with E-state index in [0.717, 1.165) is 44.0 Å². The summed E-state index contributed by atoms with van der Waals surface area (Å²) in [5, 5.41) is 10.6. The van der Waals surface area contributed by atoms with Gasteiger partial charge in [0.05, 0.1) is 26.0 Å². The molecule has 5 nitrogen and oxygen atoms in total. The maximum absolute atomic E-state index is 10.6. The second kappa shape index (κ2) is 12.3. The number of hydrogen-bond acceptors (Lipinski definition) is 6. The SMILES string of the molecule is CCSc1ccccc1N1CCN(CCC(O)c2ccc(OC)c(OC)c2)CC1.Cl. The van der Waals surface area contributed by atoms with Crippen LogP contribution in [0.3, 0.4) is 0 Å². The summed E-state index contributed by atoms with van der Waals surface area (Å²) >= 11 is 1.91. The number of anilines is 1. The Bertz CT molecular complexity index is 785. The van der Waals surface area contributed by atoms with Crippen molar-refractivity contribution in [2.75, 3.05) is 57.6 Å². The van der Waals surface area contributed by atoms with Crippen LogP contribution in [-0.4, -0.2) is 62.7 Å². The van der Waals surface area contributed by atoms with E-state index in [4.69, 9.17) is 9.47 Å². The summed E-state index contributed by atoms with van der Waals surface area (Å²) in [6, 6.07) is 14.3. The molecular formula is C23H33ClN2O3S. The molecule has 30 heavy (non-hydrogen) atoms. The van der Waals surface area contributed by atoms with Crippen molar-refractivity contribution in [2.24, 2.45) is 0 Å². The highest BCUT2D eigenvalue weighted by Crippen LogP contribution is 2.32. The molecule has 1 saturated heterocycles. The van der Waals surface area contributed by atoms with E-state index in [9.17, 15) is 5.11 Å². The maximum Gasteiger partial charge on any atom is 0.161 e. The van der Waals surface area contributed by atoms with Crippen molar-refractivity contribution in [3.05, 3.63) is 48.0 Å². The predicted octanol–water partition coefficient (Wildman–Crippen LogP) is 4.48. The smallest absolute Gasteiger partial charge is 0.161 e. The van der Waals surface area contributed by atoms with Crippen molar-refractivity contribution >= 4 is 29.9 Å². The van der Waals surface area contributed by atoms with Crippen molar-refractivity contribution < 1.29 is 14.6 Å². The van der Waals surface area contributed by atoms with E-state index in [2.05, 4.69) is 41.0 Å². The first-order chi connectivity index (χ1) is 14.2. The van der Waals surface area contributed by atoms with Gasteiger partial charge in [-0.15, -0.1) is 24.2 Å². The van der Waals surface area contributed by atoms with Crippen LogP contribution in [0.15, 0.2) is 47.4 Å². The van der Waals surface area contributed by atoms with Gasteiger partial charge in [-0.3, -0.25) is 4.90 Å². The Morgan fingerprint density at radius 2 is 1.70 bits per heavy atom. The molecule has 0 bridgehead atoms. The zero-order valence-electron chi connectivity index (χ0n) is 18.0. The molecular weight excluding hydrogens is 420 g/mol. The lowest BCUT2D eigenvalue weighted by molar-refractivity contribution is 0.139. The van der Waals surface area contributed by atoms with Crippen LogP contribution >= 0.6 is 24.2 Å². The molecule has 3 rings (SSSR count). The molecule has 1 fully saturated rings. The van der Waals surface area contributed by atoms with Crippen molar-refractivity contribution in [3.63, 3.8) is 0 Å². The number of hydrogen-bond donors (Lipinski definition) is 1. The molecule has 0 aliphatic carbocycles. The second-order valence-electron chi connectivity index (χ2n) is 7.15. The average molecular weight is 453 g/mol. The van der Waals surface area contributed by atoms with Crippen LogP contribution < -0.4 is 14.4 Å². The molecule has 1 N–H and O–H groups in total. The van der Waals surface area contributed by atoms with E-state index in [1.807, 2.05) is 30.0 Å². The maximum atomic E-state index is 10.6. The first-order valence-corrected chi connectivity index (χ1v) is 11.2. The number of nitrogens with zero attached hydrogens (tertiary/aromatic N) is 2. The normalized spacial score (nSPS) is 15.4. The van der Waals surface area contributed by atoms with Gasteiger partial charge < -0.3 is 19.5 Å². The molecule has 2 aromatic carbocycles. The van der Waals surface area contributed by atoms with Gasteiger partial charge in [0, 0.05) is 37.6 Å². The fourth-order valence-electron chi connectivity index (χ4n) is 3.74. The Labute approximate surface area is 190 Å². The Kier molecular flexibility index (Phi) is 10.1. The van der Waals surface area contributed by atoms with Gasteiger partial charge in [-0.05, 0) is 42.0 Å². The summed E-state index contributed by atoms with van der Waals surface area (Å²) < 4.78 is 10.6. The van der Waals surface area contributed by atoms with E-state index >= 15 is 0 Å². The molecule has 1 atom stereocenters. The monoisotopic (exact) mass is 452 g/mol. The average Bonchev–Trinajstić information content (AvgIpc) is 2.78. The Balaban J connectivity index is 0.00000320. The molecule has 2 aromatic rings. The largest absolute Gasteiger partial charge is 0.493 e. The van der Waals surface area contributed by atoms with Crippen LogP contribution in [0.2, 0.25) is 0 Å². The fraction of sp³-hybridized carbons (Fsp3) is 0.478. The summed E-state index contributed by atoms with van der Waals surface area (Å²) in [6.07, 6.45) is 0.201. The minimum Gasteiger partial charge on any atom is -0.493 e. The van der Waals surface area contributed by atoms with Gasteiger partial charge in [-0.1, -0.05) is 25.1 Å². The summed E-state index contributed by atoms with van der Waals surface area (Å²) in [5.41, 5.74) is 2.22. The third-order valence-electron chi connectivity index (χ3n) is 5.39. The molecule has 166 valence electrons. The first-order valence-electron chi connectivity index (χ1n) is 10.2. The summed E-state index contributed by atoms with van der Waals surface area (Å²) in [4.78, 5) is 6.29. The lowest BCUT2D eigenvalue weighted by atomic mass is 10.1. The number of thioether (sulfide) groups is 1. The number of rotatable bonds is 9. The summed E-state index contributed by atoms with van der Waals surface area (Å²) in [7, 11) is 3.23. The highest BCUT2D eigenvalue weighted by Gasteiger charge is 2.20. The van der Waals surface area contributed by atoms with E-state index in [0.29, 0.717) is 17.9 Å². The zero-order valence-corrected chi connectivity index (χ0v) is 19.7. The fourth-order valence-corrected chi connectivity index (χ4v) is 4.57. The quantitative estimate of drug-likeness (QED) is 0.566. The molecule has 1 aliphatic rings. The number of benzene rings is 2. The molecule has 1 aliphatic heterocycles. The van der Waals surface area contributed by atoms with E-state index < -0.39 is 6.10 Å². The number of piperazine rings is 1. The number of halogens is 1. The molecule has 0 amide bonds. The van der Waals surface area contributed by atoms with Crippen LogP contribution in [0.1, 0.15) is 25.0 Å². The molecule has 1 unspecified atom stereocenters. The van der Waals surface area contributed by atoms with Gasteiger partial charge >= 0.3 is 0 Å². The number of ether oxygens (including phenoxy) is 2. The van der Waals surface area contributed by atoms with Crippen LogP contribution in [0, 0.1) is 0 Å². The highest BCUT2D eigenvalue weighted by molar-refractivity contribution is 7.99. The van der Waals surface area contributed by atoms with Crippen LogP contribution in [0.25, 0.3) is 0 Å². The van der Waals surface area contributed by atoms with Crippen LogP contribution in [0.5, 0.6) is 11.5 Å². The van der Waals surface area contributed by atoms with Crippen LogP contribution in [0.4, 0.5) is 5.69 Å². The van der Waals surface area contributed by atoms with E-state index in [1.165, 1.54) is 10.6 Å². The predicted molar refractivity (Wildman–Crippen MR) is 128 cm³/mol. The van der Waals surface area contributed by atoms with Crippen molar-refractivity contribution in [1.82, 2.24) is 4.90 Å².